The summed E-state index contributed by atoms with van der Waals surface area (Å²) in [5.41, 5.74) is 8.86. The van der Waals surface area contributed by atoms with E-state index in [1.54, 1.807) is 0 Å². The van der Waals surface area contributed by atoms with Crippen LogP contribution in [0.3, 0.4) is 0 Å². The van der Waals surface area contributed by atoms with Crippen LogP contribution in [0, 0.1) is 0 Å². The average molecular weight is 179 g/mol. The zero-order valence-electron chi connectivity index (χ0n) is 7.09. The molecule has 0 fully saturated rings. The number of fused-ring (bicyclic) bond motifs is 1. The Morgan fingerprint density at radius 2 is 2.25 bits per heavy atom. The first-order valence-electron chi connectivity index (χ1n) is 4.39. The fraction of sp³-hybridized carbons (Fsp3) is 0.400. The number of nitrogens with two attached hydrogens (primary N) is 1. The van der Waals surface area contributed by atoms with Gasteiger partial charge in [-0.15, -0.1) is 9.24 Å². The molecule has 0 aromatic heterocycles. The first-order chi connectivity index (χ1) is 5.77. The molecule has 0 amide bonds. The summed E-state index contributed by atoms with van der Waals surface area (Å²) in [6.45, 7) is 0. The van der Waals surface area contributed by atoms with Gasteiger partial charge < -0.3 is 5.73 Å². The molecule has 2 N–H and O–H groups in total. The Hall–Kier alpha value is -0.390. The van der Waals surface area contributed by atoms with Gasteiger partial charge in [0.1, 0.15) is 0 Å². The Labute approximate surface area is 75.6 Å². The molecule has 1 aliphatic rings. The van der Waals surface area contributed by atoms with Crippen molar-refractivity contribution in [2.75, 3.05) is 0 Å². The minimum absolute atomic E-state index is 0.374. The van der Waals surface area contributed by atoms with Gasteiger partial charge in [-0.1, -0.05) is 18.2 Å². The van der Waals surface area contributed by atoms with E-state index in [1.807, 2.05) is 0 Å². The van der Waals surface area contributed by atoms with Crippen LogP contribution in [0.2, 0.25) is 0 Å². The maximum Gasteiger partial charge on any atom is 0.00828 e. The molecule has 0 aliphatic heterocycles. The molecular formula is C10H14NP. The molecule has 64 valence electrons. The second kappa shape index (κ2) is 3.16. The number of hydrogen-bond donors (Lipinski definition) is 1. The van der Waals surface area contributed by atoms with E-state index < -0.39 is 0 Å². The number of aryl methyl sites for hydroxylation is 1. The fourth-order valence-corrected chi connectivity index (χ4v) is 2.26. The Bertz CT molecular complexity index is 296. The Morgan fingerprint density at radius 1 is 1.42 bits per heavy atom. The predicted octanol–water partition coefficient (Wildman–Crippen LogP) is 1.00. The van der Waals surface area contributed by atoms with Gasteiger partial charge in [0.2, 0.25) is 0 Å². The molecule has 0 saturated heterocycles. The molecule has 1 aliphatic carbocycles. The van der Waals surface area contributed by atoms with Crippen LogP contribution >= 0.6 is 9.24 Å². The topological polar surface area (TPSA) is 26.0 Å². The van der Waals surface area contributed by atoms with E-state index in [0.717, 1.165) is 19.3 Å². The molecule has 0 radical (unpaired) electrons. The Kier molecular flexibility index (Phi) is 2.16. The quantitative estimate of drug-likeness (QED) is 0.591. The maximum absolute atomic E-state index is 5.91. The van der Waals surface area contributed by atoms with Crippen LogP contribution in [0.4, 0.5) is 0 Å². The highest BCUT2D eigenvalue weighted by molar-refractivity contribution is 7.27. The van der Waals surface area contributed by atoms with Gasteiger partial charge in [0.25, 0.3) is 0 Å². The third kappa shape index (κ3) is 1.39. The summed E-state index contributed by atoms with van der Waals surface area (Å²) in [5, 5.41) is 1.32. The van der Waals surface area contributed by atoms with Crippen LogP contribution in [-0.4, -0.2) is 6.04 Å². The van der Waals surface area contributed by atoms with E-state index in [9.17, 15) is 0 Å². The zero-order chi connectivity index (χ0) is 8.55. The first-order valence-corrected chi connectivity index (χ1v) is 4.97. The molecule has 2 atom stereocenters. The molecule has 1 aromatic carbocycles. The SMILES string of the molecule is NC1CCc2cccc(P)c2C1. The van der Waals surface area contributed by atoms with Gasteiger partial charge >= 0.3 is 0 Å². The summed E-state index contributed by atoms with van der Waals surface area (Å²) in [7, 11) is 2.79. The minimum Gasteiger partial charge on any atom is -0.327 e. The first kappa shape index (κ1) is 8.22. The zero-order valence-corrected chi connectivity index (χ0v) is 8.24. The van der Waals surface area contributed by atoms with Crippen molar-refractivity contribution < 1.29 is 0 Å². The van der Waals surface area contributed by atoms with Gasteiger partial charge in [0, 0.05) is 6.04 Å². The average Bonchev–Trinajstić information content (AvgIpc) is 2.07. The smallest absolute Gasteiger partial charge is 0.00828 e. The molecule has 1 nitrogen and oxygen atoms in total. The van der Waals surface area contributed by atoms with Gasteiger partial charge in [0.15, 0.2) is 0 Å². The molecule has 1 aromatic rings. The summed E-state index contributed by atoms with van der Waals surface area (Å²) in [6, 6.07) is 6.85. The van der Waals surface area contributed by atoms with E-state index in [-0.39, 0.29) is 0 Å². The Morgan fingerprint density at radius 3 is 3.08 bits per heavy atom. The van der Waals surface area contributed by atoms with Crippen LogP contribution in [0.1, 0.15) is 17.5 Å². The van der Waals surface area contributed by atoms with Crippen molar-refractivity contribution in [3.8, 4) is 0 Å². The van der Waals surface area contributed by atoms with Crippen molar-refractivity contribution in [3.05, 3.63) is 29.3 Å². The number of hydrogen-bond acceptors (Lipinski definition) is 1. The molecule has 0 heterocycles. The lowest BCUT2D eigenvalue weighted by Crippen LogP contribution is -2.30. The van der Waals surface area contributed by atoms with Gasteiger partial charge in [-0.05, 0) is 35.7 Å². The number of benzene rings is 1. The molecule has 2 rings (SSSR count). The molecule has 2 heteroatoms. The van der Waals surface area contributed by atoms with Gasteiger partial charge in [-0.2, -0.15) is 0 Å². The van der Waals surface area contributed by atoms with Crippen LogP contribution in [0.15, 0.2) is 18.2 Å². The molecule has 2 unspecified atom stereocenters. The molecular weight excluding hydrogens is 165 g/mol. The highest BCUT2D eigenvalue weighted by atomic mass is 31.0. The predicted molar refractivity (Wildman–Crippen MR) is 55.8 cm³/mol. The summed E-state index contributed by atoms with van der Waals surface area (Å²) < 4.78 is 0. The largest absolute Gasteiger partial charge is 0.327 e. The molecule has 12 heavy (non-hydrogen) atoms. The maximum atomic E-state index is 5.91. The van der Waals surface area contributed by atoms with Gasteiger partial charge in [0.05, 0.1) is 0 Å². The van der Waals surface area contributed by atoms with E-state index in [1.165, 1.54) is 16.4 Å². The summed E-state index contributed by atoms with van der Waals surface area (Å²) in [4.78, 5) is 0. The lowest BCUT2D eigenvalue weighted by Gasteiger charge is -2.22. The van der Waals surface area contributed by atoms with Gasteiger partial charge in [-0.25, -0.2) is 0 Å². The molecule has 0 saturated carbocycles. The lowest BCUT2D eigenvalue weighted by molar-refractivity contribution is 0.578. The van der Waals surface area contributed by atoms with E-state index in [2.05, 4.69) is 27.4 Å². The Balaban J connectivity index is 2.43. The third-order valence-corrected chi connectivity index (χ3v) is 3.10. The van der Waals surface area contributed by atoms with Crippen LogP contribution in [0.25, 0.3) is 0 Å². The summed E-state index contributed by atoms with van der Waals surface area (Å²) in [6.07, 6.45) is 3.34. The van der Waals surface area contributed by atoms with Crippen molar-refractivity contribution in [3.63, 3.8) is 0 Å². The van der Waals surface area contributed by atoms with E-state index in [4.69, 9.17) is 5.73 Å². The van der Waals surface area contributed by atoms with Gasteiger partial charge in [-0.3, -0.25) is 0 Å². The van der Waals surface area contributed by atoms with E-state index >= 15 is 0 Å². The summed E-state index contributed by atoms with van der Waals surface area (Å²) >= 11 is 0. The van der Waals surface area contributed by atoms with Crippen LogP contribution in [0.5, 0.6) is 0 Å². The standard InChI is InChI=1S/C10H14NP/c11-8-5-4-7-2-1-3-10(12)9(7)6-8/h1-3,8H,4-6,11-12H2. The lowest BCUT2D eigenvalue weighted by atomic mass is 9.89. The van der Waals surface area contributed by atoms with Crippen molar-refractivity contribution in [1.82, 2.24) is 0 Å². The van der Waals surface area contributed by atoms with E-state index in [0.29, 0.717) is 6.04 Å². The molecule has 0 bridgehead atoms. The minimum atomic E-state index is 0.374. The number of rotatable bonds is 0. The highest BCUT2D eigenvalue weighted by Crippen LogP contribution is 2.19. The van der Waals surface area contributed by atoms with Crippen LogP contribution in [-0.2, 0) is 12.8 Å². The van der Waals surface area contributed by atoms with Crippen molar-refractivity contribution in [2.24, 2.45) is 5.73 Å². The van der Waals surface area contributed by atoms with Crippen molar-refractivity contribution in [2.45, 2.75) is 25.3 Å². The second-order valence-corrected chi connectivity index (χ2v) is 4.11. The van der Waals surface area contributed by atoms with Crippen LogP contribution < -0.4 is 11.0 Å². The monoisotopic (exact) mass is 179 g/mol. The van der Waals surface area contributed by atoms with Crippen molar-refractivity contribution >= 4 is 14.5 Å². The normalized spacial score (nSPS) is 22.0. The third-order valence-electron chi connectivity index (χ3n) is 2.56. The summed E-state index contributed by atoms with van der Waals surface area (Å²) in [5.74, 6) is 0. The molecule has 0 spiro atoms. The fourth-order valence-electron chi connectivity index (χ4n) is 1.84. The second-order valence-electron chi connectivity index (χ2n) is 3.49. The van der Waals surface area contributed by atoms with Crippen molar-refractivity contribution in [1.29, 1.82) is 0 Å². The highest BCUT2D eigenvalue weighted by Gasteiger charge is 2.15.